The molecule has 0 atom stereocenters. The number of rotatable bonds is 8. The number of hydrogen-bond acceptors (Lipinski definition) is 0. The van der Waals surface area contributed by atoms with Crippen LogP contribution in [0, 0.1) is 0 Å². The lowest BCUT2D eigenvalue weighted by molar-refractivity contribution is 0.869. The van der Waals surface area contributed by atoms with Crippen molar-refractivity contribution in [1.82, 2.24) is 0 Å². The fourth-order valence-electron chi connectivity index (χ4n) is 9.56. The van der Waals surface area contributed by atoms with Gasteiger partial charge in [-0.15, -0.1) is 0 Å². The fourth-order valence-corrected chi connectivity index (χ4v) is 9.56. The summed E-state index contributed by atoms with van der Waals surface area (Å²) in [6.07, 6.45) is 0. The highest BCUT2D eigenvalue weighted by atomic mass is 14.3. The van der Waals surface area contributed by atoms with E-state index in [1.807, 2.05) is 0 Å². The Labute approximate surface area is 333 Å². The largest absolute Gasteiger partial charge is 0.0619 e. The SMILES string of the molecule is CC(C)c1ccccc1-c1cc2cc(-c3ccccc3C(C)C)cc3c4cc(-c5ccccc5C(C)C)cc5cc(-c6ccccc6C(C)C)cc(c(c1)c23)c54. The summed E-state index contributed by atoms with van der Waals surface area (Å²) in [5, 5.41) is 10.6. The van der Waals surface area contributed by atoms with E-state index in [0.29, 0.717) is 23.7 Å². The molecule has 0 aliphatic rings. The Morgan fingerprint density at radius 3 is 0.696 bits per heavy atom. The van der Waals surface area contributed by atoms with Gasteiger partial charge in [0.1, 0.15) is 0 Å². The zero-order valence-corrected chi connectivity index (χ0v) is 34.2. The van der Waals surface area contributed by atoms with Crippen LogP contribution in [0.15, 0.2) is 146 Å². The minimum absolute atomic E-state index is 0.411. The second-order valence-corrected chi connectivity index (χ2v) is 17.3. The van der Waals surface area contributed by atoms with Crippen LogP contribution in [-0.4, -0.2) is 0 Å². The second kappa shape index (κ2) is 14.1. The molecule has 0 bridgehead atoms. The zero-order valence-electron chi connectivity index (χ0n) is 34.2. The number of fused-ring (bicyclic) bond motifs is 2. The summed E-state index contributed by atoms with van der Waals surface area (Å²) in [5.41, 5.74) is 15.9. The van der Waals surface area contributed by atoms with E-state index in [9.17, 15) is 0 Å². The summed E-state index contributed by atoms with van der Waals surface area (Å²) in [5.74, 6) is 1.64. The van der Waals surface area contributed by atoms with Gasteiger partial charge in [-0.25, -0.2) is 0 Å². The Balaban J connectivity index is 1.50. The second-order valence-electron chi connectivity index (χ2n) is 17.3. The average molecular weight is 725 g/mol. The van der Waals surface area contributed by atoms with Crippen LogP contribution in [0.2, 0.25) is 0 Å². The van der Waals surface area contributed by atoms with Crippen molar-refractivity contribution in [1.29, 1.82) is 0 Å². The van der Waals surface area contributed by atoms with Gasteiger partial charge in [-0.1, -0.05) is 152 Å². The molecule has 0 fully saturated rings. The van der Waals surface area contributed by atoms with Gasteiger partial charge in [0.15, 0.2) is 0 Å². The van der Waals surface area contributed by atoms with Gasteiger partial charge in [-0.05, 0) is 182 Å². The van der Waals surface area contributed by atoms with Crippen molar-refractivity contribution in [2.45, 2.75) is 79.1 Å². The Kier molecular flexibility index (Phi) is 9.05. The molecule has 0 unspecified atom stereocenters. The maximum absolute atomic E-state index is 2.51. The standard InChI is InChI=1S/C56H52/c1-33(2)43-17-9-13-21-47(43)37-25-41-26-38(48-22-14-10-18-44(48)34(3)4)31-53-54-32-40(50-24-16-12-20-46(50)36(7)8)28-42-27-39(49-23-15-11-19-45(49)35(5)6)30-52(56(42)54)51(29-37)55(41)53/h9-36H,1-8H3. The summed E-state index contributed by atoms with van der Waals surface area (Å²) >= 11 is 0. The van der Waals surface area contributed by atoms with Crippen LogP contribution in [0.25, 0.3) is 87.6 Å². The first kappa shape index (κ1) is 35.9. The van der Waals surface area contributed by atoms with Crippen LogP contribution < -0.4 is 0 Å². The molecule has 0 aromatic heterocycles. The summed E-state index contributed by atoms with van der Waals surface area (Å²) in [4.78, 5) is 0. The van der Waals surface area contributed by atoms with Gasteiger partial charge in [0.25, 0.3) is 0 Å². The predicted molar refractivity (Wildman–Crippen MR) is 246 cm³/mol. The van der Waals surface area contributed by atoms with E-state index in [2.05, 4.69) is 201 Å². The lowest BCUT2D eigenvalue weighted by atomic mass is 9.81. The summed E-state index contributed by atoms with van der Waals surface area (Å²) in [6.45, 7) is 18.5. The maximum Gasteiger partial charge on any atom is -0.00255 e. The predicted octanol–water partition coefficient (Wildman–Crippen LogP) is 16.9. The van der Waals surface area contributed by atoms with Crippen molar-refractivity contribution in [2.75, 3.05) is 0 Å². The molecule has 0 radical (unpaired) electrons. The van der Waals surface area contributed by atoms with E-state index < -0.39 is 0 Å². The van der Waals surface area contributed by atoms with E-state index in [-0.39, 0.29) is 0 Å². The first-order valence-electron chi connectivity index (χ1n) is 20.7. The Hall–Kier alpha value is -5.72. The van der Waals surface area contributed by atoms with Crippen molar-refractivity contribution in [3.63, 3.8) is 0 Å². The van der Waals surface area contributed by atoms with Gasteiger partial charge in [-0.3, -0.25) is 0 Å². The lowest BCUT2D eigenvalue weighted by Crippen LogP contribution is -1.97. The van der Waals surface area contributed by atoms with Crippen LogP contribution in [-0.2, 0) is 0 Å². The third-order valence-corrected chi connectivity index (χ3v) is 12.3. The minimum Gasteiger partial charge on any atom is -0.0619 e. The summed E-state index contributed by atoms with van der Waals surface area (Å²) < 4.78 is 0. The van der Waals surface area contributed by atoms with Crippen LogP contribution >= 0.6 is 0 Å². The molecule has 0 heterocycles. The zero-order chi connectivity index (χ0) is 38.8. The smallest absolute Gasteiger partial charge is 0.00255 e. The van der Waals surface area contributed by atoms with E-state index >= 15 is 0 Å². The highest BCUT2D eigenvalue weighted by molar-refractivity contribution is 6.35. The minimum atomic E-state index is 0.411. The van der Waals surface area contributed by atoms with E-state index in [0.717, 1.165) is 0 Å². The molecule has 9 aromatic rings. The third kappa shape index (κ3) is 5.99. The highest BCUT2D eigenvalue weighted by Gasteiger charge is 2.22. The van der Waals surface area contributed by atoms with Crippen molar-refractivity contribution in [3.8, 4) is 44.5 Å². The lowest BCUT2D eigenvalue weighted by Gasteiger charge is -2.22. The summed E-state index contributed by atoms with van der Waals surface area (Å²) in [7, 11) is 0. The maximum atomic E-state index is 2.51. The molecule has 0 spiro atoms. The molecule has 9 aromatic carbocycles. The molecule has 276 valence electrons. The Morgan fingerprint density at radius 2 is 0.482 bits per heavy atom. The first-order chi connectivity index (χ1) is 27.1. The van der Waals surface area contributed by atoms with Crippen molar-refractivity contribution >= 4 is 43.1 Å². The Bertz CT molecular complexity index is 2520. The van der Waals surface area contributed by atoms with Crippen molar-refractivity contribution in [2.24, 2.45) is 0 Å². The van der Waals surface area contributed by atoms with Gasteiger partial charge in [-0.2, -0.15) is 0 Å². The van der Waals surface area contributed by atoms with Crippen molar-refractivity contribution < 1.29 is 0 Å². The van der Waals surface area contributed by atoms with Crippen LogP contribution in [0.3, 0.4) is 0 Å². The molecule has 0 N–H and O–H groups in total. The normalized spacial score (nSPS) is 12.2. The summed E-state index contributed by atoms with van der Waals surface area (Å²) in [6, 6.07) is 56.0. The molecule has 0 heteroatoms. The highest BCUT2D eigenvalue weighted by Crippen LogP contribution is 2.48. The van der Waals surface area contributed by atoms with Gasteiger partial charge in [0.2, 0.25) is 0 Å². The van der Waals surface area contributed by atoms with Crippen LogP contribution in [0.5, 0.6) is 0 Å². The quantitative estimate of drug-likeness (QED) is 0.108. The average Bonchev–Trinajstić information content (AvgIpc) is 3.21. The molecule has 0 saturated heterocycles. The molecule has 0 nitrogen and oxygen atoms in total. The molecular formula is C56H52. The first-order valence-corrected chi connectivity index (χ1v) is 20.7. The molecule has 0 aliphatic heterocycles. The number of benzene rings is 9. The van der Waals surface area contributed by atoms with Gasteiger partial charge in [0, 0.05) is 0 Å². The monoisotopic (exact) mass is 724 g/mol. The van der Waals surface area contributed by atoms with Crippen LogP contribution in [0.4, 0.5) is 0 Å². The van der Waals surface area contributed by atoms with E-state index in [1.54, 1.807) is 0 Å². The van der Waals surface area contributed by atoms with Gasteiger partial charge in [0.05, 0.1) is 0 Å². The Morgan fingerprint density at radius 1 is 0.268 bits per heavy atom. The molecule has 9 rings (SSSR count). The van der Waals surface area contributed by atoms with Gasteiger partial charge < -0.3 is 0 Å². The molecule has 0 saturated carbocycles. The van der Waals surface area contributed by atoms with E-state index in [1.165, 1.54) is 110 Å². The number of hydrogen-bond donors (Lipinski definition) is 0. The van der Waals surface area contributed by atoms with Crippen LogP contribution in [0.1, 0.15) is 101 Å². The van der Waals surface area contributed by atoms with E-state index in [4.69, 9.17) is 0 Å². The topological polar surface area (TPSA) is 0 Å². The molecule has 0 amide bonds. The molecule has 56 heavy (non-hydrogen) atoms. The van der Waals surface area contributed by atoms with Crippen molar-refractivity contribution in [3.05, 3.63) is 168 Å². The molecular weight excluding hydrogens is 673 g/mol. The van der Waals surface area contributed by atoms with Gasteiger partial charge >= 0.3 is 0 Å². The third-order valence-electron chi connectivity index (χ3n) is 12.3. The molecule has 0 aliphatic carbocycles. The fraction of sp³-hybridized carbons (Fsp3) is 0.214.